The third kappa shape index (κ3) is 5.44. The van der Waals surface area contributed by atoms with Crippen LogP contribution in [0.4, 0.5) is 0 Å². The third-order valence-corrected chi connectivity index (χ3v) is 8.00. The minimum absolute atomic E-state index is 0.0780. The minimum atomic E-state index is 0.0780. The van der Waals surface area contributed by atoms with E-state index in [2.05, 4.69) is 50.2 Å². The average Bonchev–Trinajstić information content (AvgIpc) is 3.69. The number of likely N-dealkylation sites (tertiary alicyclic amines) is 1. The minimum Gasteiger partial charge on any atom is -0.331 e. The van der Waals surface area contributed by atoms with Crippen LogP contribution in [0.5, 0.6) is 0 Å². The zero-order chi connectivity index (χ0) is 24.4. The van der Waals surface area contributed by atoms with Crippen LogP contribution in [0.1, 0.15) is 53.0 Å². The van der Waals surface area contributed by atoms with Crippen LogP contribution in [-0.4, -0.2) is 55.6 Å². The van der Waals surface area contributed by atoms with Crippen LogP contribution >= 0.6 is 11.6 Å². The summed E-state index contributed by atoms with van der Waals surface area (Å²) in [6.45, 7) is 4.85. The molecule has 1 atom stereocenters. The molecule has 35 heavy (non-hydrogen) atoms. The summed E-state index contributed by atoms with van der Waals surface area (Å²) in [6.07, 6.45) is 6.89. The highest BCUT2D eigenvalue weighted by Gasteiger charge is 2.42. The highest BCUT2D eigenvalue weighted by atomic mass is 35.5. The average molecular weight is 492 g/mol. The number of halogens is 1. The van der Waals surface area contributed by atoms with Crippen molar-refractivity contribution in [1.82, 2.24) is 24.6 Å². The quantitative estimate of drug-likeness (QED) is 0.449. The Morgan fingerprint density at radius 3 is 2.40 bits per heavy atom. The van der Waals surface area contributed by atoms with Gasteiger partial charge >= 0.3 is 0 Å². The highest BCUT2D eigenvalue weighted by Crippen LogP contribution is 2.36. The van der Waals surface area contributed by atoms with Gasteiger partial charge < -0.3 is 4.90 Å². The molecule has 3 aromatic rings. The molecule has 5 rings (SSSR count). The van der Waals surface area contributed by atoms with E-state index >= 15 is 0 Å². The van der Waals surface area contributed by atoms with Crippen molar-refractivity contribution < 1.29 is 4.79 Å². The van der Waals surface area contributed by atoms with E-state index in [1.165, 1.54) is 5.56 Å². The number of aryl methyl sites for hydroxylation is 2. The molecule has 1 saturated heterocycles. The van der Waals surface area contributed by atoms with Gasteiger partial charge in [0, 0.05) is 37.4 Å². The van der Waals surface area contributed by atoms with Crippen molar-refractivity contribution in [3.8, 4) is 0 Å². The van der Waals surface area contributed by atoms with Gasteiger partial charge in [-0.15, -0.1) is 0 Å². The van der Waals surface area contributed by atoms with E-state index in [0.29, 0.717) is 17.7 Å². The number of carbonyl (C=O) groups excluding carboxylic acids is 1. The molecule has 3 heterocycles. The fourth-order valence-corrected chi connectivity index (χ4v) is 5.72. The summed E-state index contributed by atoms with van der Waals surface area (Å²) in [7, 11) is 1.89. The first-order valence-corrected chi connectivity index (χ1v) is 13.1. The van der Waals surface area contributed by atoms with Crippen LogP contribution in [0.15, 0.2) is 54.7 Å². The number of rotatable bonds is 8. The van der Waals surface area contributed by atoms with Crippen molar-refractivity contribution >= 4 is 17.5 Å². The summed E-state index contributed by atoms with van der Waals surface area (Å²) in [6, 6.07) is 16.7. The van der Waals surface area contributed by atoms with Crippen LogP contribution in [0.3, 0.4) is 0 Å². The number of hydrogen-bond donors (Lipinski definition) is 0. The lowest BCUT2D eigenvalue weighted by atomic mass is 9.84. The second-order valence-electron chi connectivity index (χ2n) is 10.0. The third-order valence-electron chi connectivity index (χ3n) is 7.53. The molecule has 184 valence electrons. The molecule has 1 aromatic carbocycles. The fourth-order valence-electron chi connectivity index (χ4n) is 5.48. The number of pyridine rings is 1. The Kier molecular flexibility index (Phi) is 7.21. The summed E-state index contributed by atoms with van der Waals surface area (Å²) in [4.78, 5) is 22.8. The van der Waals surface area contributed by atoms with Crippen LogP contribution in [0, 0.1) is 12.8 Å². The lowest BCUT2D eigenvalue weighted by molar-refractivity contribution is 0.0477. The van der Waals surface area contributed by atoms with Crippen LogP contribution < -0.4 is 0 Å². The molecule has 0 N–H and O–H groups in total. The normalized spacial score (nSPS) is 17.9. The summed E-state index contributed by atoms with van der Waals surface area (Å²) < 4.78 is 1.76. The van der Waals surface area contributed by atoms with Gasteiger partial charge in [-0.05, 0) is 75.7 Å². The largest absolute Gasteiger partial charge is 0.331 e. The smallest absolute Gasteiger partial charge is 0.272 e. The van der Waals surface area contributed by atoms with E-state index in [4.69, 9.17) is 11.6 Å². The van der Waals surface area contributed by atoms with Crippen molar-refractivity contribution in [2.45, 2.75) is 57.7 Å². The van der Waals surface area contributed by atoms with Crippen molar-refractivity contribution in [2.24, 2.45) is 13.0 Å². The highest BCUT2D eigenvalue weighted by molar-refractivity contribution is 6.30. The number of nitrogens with zero attached hydrogens (tertiary/aromatic N) is 5. The molecule has 0 spiro atoms. The molecule has 1 aliphatic carbocycles. The van der Waals surface area contributed by atoms with Gasteiger partial charge in [0.2, 0.25) is 0 Å². The van der Waals surface area contributed by atoms with Crippen LogP contribution in [-0.2, 0) is 20.0 Å². The van der Waals surface area contributed by atoms with E-state index in [1.54, 1.807) is 10.9 Å². The van der Waals surface area contributed by atoms with Crippen LogP contribution in [0.2, 0.25) is 5.15 Å². The first kappa shape index (κ1) is 24.0. The number of benzene rings is 1. The Morgan fingerprint density at radius 2 is 1.80 bits per heavy atom. The molecule has 2 aromatic heterocycles. The summed E-state index contributed by atoms with van der Waals surface area (Å²) in [5, 5.41) is 5.20. The lowest BCUT2D eigenvalue weighted by Crippen LogP contribution is -2.50. The number of hydrogen-bond acceptors (Lipinski definition) is 4. The van der Waals surface area contributed by atoms with Crippen molar-refractivity contribution in [2.75, 3.05) is 13.1 Å². The maximum atomic E-state index is 13.7. The van der Waals surface area contributed by atoms with E-state index in [0.717, 1.165) is 68.1 Å². The van der Waals surface area contributed by atoms with Crippen molar-refractivity contribution in [3.63, 3.8) is 0 Å². The summed E-state index contributed by atoms with van der Waals surface area (Å²) in [5.74, 6) is 0.527. The standard InChI is InChI=1S/C28H34ClN5O/c1-20-24(27(29)32(2)31-20)19-33-16-13-22(14-17-33)26(18-21-8-4-3-5-9-21)34(23-11-12-23)28(35)25-10-6-7-15-30-25/h3-10,15,22-23,26H,11-14,16-19H2,1-2H3. The van der Waals surface area contributed by atoms with Crippen molar-refractivity contribution in [3.05, 3.63) is 82.4 Å². The van der Waals surface area contributed by atoms with Gasteiger partial charge in [-0.2, -0.15) is 5.10 Å². The molecule has 7 heteroatoms. The van der Waals surface area contributed by atoms with Gasteiger partial charge in [-0.3, -0.25) is 19.4 Å². The Labute approximate surface area is 212 Å². The first-order valence-electron chi connectivity index (χ1n) is 12.7. The first-order chi connectivity index (χ1) is 17.0. The zero-order valence-electron chi connectivity index (χ0n) is 20.6. The van der Waals surface area contributed by atoms with Gasteiger partial charge in [-0.25, -0.2) is 0 Å². The van der Waals surface area contributed by atoms with Gasteiger partial charge in [0.05, 0.1) is 5.69 Å². The van der Waals surface area contributed by atoms with Gasteiger partial charge in [0.1, 0.15) is 10.8 Å². The molecule has 0 radical (unpaired) electrons. The second-order valence-corrected chi connectivity index (χ2v) is 10.4. The summed E-state index contributed by atoms with van der Waals surface area (Å²) >= 11 is 6.50. The monoisotopic (exact) mass is 491 g/mol. The predicted octanol–water partition coefficient (Wildman–Crippen LogP) is 4.91. The Bertz CT molecular complexity index is 1140. The van der Waals surface area contributed by atoms with E-state index in [-0.39, 0.29) is 11.9 Å². The number of aromatic nitrogens is 3. The summed E-state index contributed by atoms with van der Waals surface area (Å²) in [5.41, 5.74) is 3.97. The van der Waals surface area contributed by atoms with Gasteiger partial charge in [-0.1, -0.05) is 48.0 Å². The van der Waals surface area contributed by atoms with E-state index in [9.17, 15) is 4.79 Å². The Balaban J connectivity index is 1.35. The molecule has 1 amide bonds. The Morgan fingerprint density at radius 1 is 1.09 bits per heavy atom. The molecule has 2 aliphatic rings. The molecular formula is C28H34ClN5O. The van der Waals surface area contributed by atoms with Gasteiger partial charge in [0.15, 0.2) is 0 Å². The molecule has 1 saturated carbocycles. The second kappa shape index (κ2) is 10.5. The zero-order valence-corrected chi connectivity index (χ0v) is 21.4. The lowest BCUT2D eigenvalue weighted by Gasteiger charge is -2.41. The van der Waals surface area contributed by atoms with Gasteiger partial charge in [0.25, 0.3) is 5.91 Å². The number of carbonyl (C=O) groups is 1. The van der Waals surface area contributed by atoms with Crippen LogP contribution in [0.25, 0.3) is 0 Å². The molecule has 1 aliphatic heterocycles. The van der Waals surface area contributed by atoms with E-state index in [1.807, 2.05) is 32.2 Å². The molecule has 1 unspecified atom stereocenters. The molecular weight excluding hydrogens is 458 g/mol. The predicted molar refractivity (Wildman–Crippen MR) is 138 cm³/mol. The molecule has 2 fully saturated rings. The van der Waals surface area contributed by atoms with Crippen molar-refractivity contribution in [1.29, 1.82) is 0 Å². The fraction of sp³-hybridized carbons (Fsp3) is 0.464. The topological polar surface area (TPSA) is 54.3 Å². The molecule has 0 bridgehead atoms. The Hall–Kier alpha value is -2.70. The number of amides is 1. The maximum Gasteiger partial charge on any atom is 0.272 e. The molecule has 6 nitrogen and oxygen atoms in total. The van der Waals surface area contributed by atoms with E-state index < -0.39 is 0 Å². The number of piperidine rings is 1. The maximum absolute atomic E-state index is 13.7. The SMILES string of the molecule is Cc1nn(C)c(Cl)c1CN1CCC(C(Cc2ccccc2)N(C(=O)c2ccccn2)C2CC2)CC1.